The third-order valence-electron chi connectivity index (χ3n) is 6.40. The molecule has 32 heavy (non-hydrogen) atoms. The number of fused-ring (bicyclic) bond motifs is 1. The maximum absolute atomic E-state index is 14.2. The van der Waals surface area contributed by atoms with Gasteiger partial charge in [0.05, 0.1) is 17.6 Å². The van der Waals surface area contributed by atoms with Gasteiger partial charge in [0.2, 0.25) is 11.8 Å². The van der Waals surface area contributed by atoms with Crippen molar-refractivity contribution in [3.8, 4) is 0 Å². The summed E-state index contributed by atoms with van der Waals surface area (Å²) >= 11 is 6.11. The van der Waals surface area contributed by atoms with Gasteiger partial charge in [-0.2, -0.15) is 0 Å². The highest BCUT2D eigenvalue weighted by Gasteiger charge is 2.72. The summed E-state index contributed by atoms with van der Waals surface area (Å²) in [4.78, 5) is 41.3. The van der Waals surface area contributed by atoms with Gasteiger partial charge in [-0.3, -0.25) is 19.7 Å². The monoisotopic (exact) mass is 446 g/mol. The first-order valence-electron chi connectivity index (χ1n) is 10.2. The SMILES string of the molecule is O=C(O)C1NC(c2ccccc2)C2(c3ccc(Cl)cc3)C(=O)N(c3ccccc3)C(=O)[C@H]12. The summed E-state index contributed by atoms with van der Waals surface area (Å²) in [6.45, 7) is 0. The third-order valence-corrected chi connectivity index (χ3v) is 6.66. The van der Waals surface area contributed by atoms with Crippen LogP contribution in [0.1, 0.15) is 17.2 Å². The van der Waals surface area contributed by atoms with Gasteiger partial charge >= 0.3 is 5.97 Å². The lowest BCUT2D eigenvalue weighted by Crippen LogP contribution is -2.45. The van der Waals surface area contributed by atoms with Gasteiger partial charge in [0, 0.05) is 5.02 Å². The molecule has 3 aromatic rings. The Morgan fingerprint density at radius 3 is 2.09 bits per heavy atom. The summed E-state index contributed by atoms with van der Waals surface area (Å²) in [5.74, 6) is -3.29. The van der Waals surface area contributed by atoms with Gasteiger partial charge in [-0.05, 0) is 35.4 Å². The van der Waals surface area contributed by atoms with Gasteiger partial charge in [0.15, 0.2) is 0 Å². The van der Waals surface area contributed by atoms with Gasteiger partial charge in [-0.15, -0.1) is 0 Å². The molecule has 7 heteroatoms. The van der Waals surface area contributed by atoms with Gasteiger partial charge in [0.1, 0.15) is 11.5 Å². The molecule has 0 aromatic heterocycles. The van der Waals surface area contributed by atoms with E-state index in [1.54, 1.807) is 54.6 Å². The number of halogens is 1. The van der Waals surface area contributed by atoms with E-state index in [9.17, 15) is 19.5 Å². The minimum atomic E-state index is -1.44. The second-order valence-electron chi connectivity index (χ2n) is 7.99. The lowest BCUT2D eigenvalue weighted by molar-refractivity contribution is -0.142. The largest absolute Gasteiger partial charge is 0.480 e. The quantitative estimate of drug-likeness (QED) is 0.598. The Bertz CT molecular complexity index is 1200. The van der Waals surface area contributed by atoms with Crippen LogP contribution < -0.4 is 10.2 Å². The number of para-hydroxylation sites is 1. The zero-order valence-corrected chi connectivity index (χ0v) is 17.6. The summed E-state index contributed by atoms with van der Waals surface area (Å²) < 4.78 is 0. The van der Waals surface area contributed by atoms with Crippen molar-refractivity contribution < 1.29 is 19.5 Å². The summed E-state index contributed by atoms with van der Waals surface area (Å²) in [7, 11) is 0. The van der Waals surface area contributed by atoms with Crippen molar-refractivity contribution in [1.82, 2.24) is 5.32 Å². The van der Waals surface area contributed by atoms with E-state index in [1.807, 2.05) is 30.3 Å². The highest BCUT2D eigenvalue weighted by molar-refractivity contribution is 6.31. The topological polar surface area (TPSA) is 86.7 Å². The number of amides is 2. The van der Waals surface area contributed by atoms with Crippen molar-refractivity contribution in [3.05, 3.63) is 101 Å². The lowest BCUT2D eigenvalue weighted by Gasteiger charge is -2.33. The van der Waals surface area contributed by atoms with E-state index in [0.717, 1.165) is 10.5 Å². The molecule has 0 spiro atoms. The van der Waals surface area contributed by atoms with Gasteiger partial charge < -0.3 is 5.11 Å². The van der Waals surface area contributed by atoms with Crippen LogP contribution in [0.4, 0.5) is 5.69 Å². The molecule has 160 valence electrons. The fourth-order valence-electron chi connectivity index (χ4n) is 5.10. The summed E-state index contributed by atoms with van der Waals surface area (Å²) in [5, 5.41) is 13.6. The number of carboxylic acid groups (broad SMARTS) is 1. The van der Waals surface area contributed by atoms with Crippen LogP contribution >= 0.6 is 11.6 Å². The number of anilines is 1. The standard InChI is InChI=1S/C25H19ClN2O4/c26-17-13-11-16(12-14-17)25-19(22(29)28(24(25)32)18-9-5-2-6-10-18)20(23(30)31)27-21(25)15-7-3-1-4-8-15/h1-14,19-21,27H,(H,30,31)/t19-,20?,21?,25?/m0/s1. The second-order valence-corrected chi connectivity index (χ2v) is 8.43. The predicted molar refractivity (Wildman–Crippen MR) is 119 cm³/mol. The van der Waals surface area contributed by atoms with E-state index in [-0.39, 0.29) is 0 Å². The predicted octanol–water partition coefficient (Wildman–Crippen LogP) is 3.57. The van der Waals surface area contributed by atoms with E-state index in [0.29, 0.717) is 16.3 Å². The van der Waals surface area contributed by atoms with Crippen molar-refractivity contribution in [2.45, 2.75) is 17.5 Å². The number of nitrogens with zero attached hydrogens (tertiary/aromatic N) is 1. The summed E-state index contributed by atoms with van der Waals surface area (Å²) in [6.07, 6.45) is 0. The van der Waals surface area contributed by atoms with E-state index < -0.39 is 41.2 Å². The van der Waals surface area contributed by atoms with Crippen LogP contribution in [0.25, 0.3) is 0 Å². The summed E-state index contributed by atoms with van der Waals surface area (Å²) in [6, 6.07) is 22.5. The molecule has 2 fully saturated rings. The molecule has 0 aliphatic carbocycles. The van der Waals surface area contributed by atoms with Gasteiger partial charge in [0.25, 0.3) is 0 Å². The van der Waals surface area contributed by atoms with Crippen LogP contribution in [0.3, 0.4) is 0 Å². The summed E-state index contributed by atoms with van der Waals surface area (Å²) in [5.41, 5.74) is 0.254. The van der Waals surface area contributed by atoms with Crippen molar-refractivity contribution in [2.24, 2.45) is 5.92 Å². The number of hydrogen-bond acceptors (Lipinski definition) is 4. The number of imide groups is 1. The molecule has 0 saturated carbocycles. The van der Waals surface area contributed by atoms with E-state index in [2.05, 4.69) is 5.32 Å². The van der Waals surface area contributed by atoms with E-state index >= 15 is 0 Å². The fraction of sp³-hybridized carbons (Fsp3) is 0.160. The smallest absolute Gasteiger partial charge is 0.321 e. The normalized spacial score (nSPS) is 26.9. The van der Waals surface area contributed by atoms with Crippen LogP contribution in [0.2, 0.25) is 5.02 Å². The van der Waals surface area contributed by atoms with Crippen molar-refractivity contribution >= 4 is 35.1 Å². The zero-order valence-electron chi connectivity index (χ0n) is 16.8. The number of benzene rings is 3. The minimum Gasteiger partial charge on any atom is -0.480 e. The van der Waals surface area contributed by atoms with Gasteiger partial charge in [-0.25, -0.2) is 4.90 Å². The molecule has 4 atom stereocenters. The fourth-order valence-corrected chi connectivity index (χ4v) is 5.23. The number of carboxylic acids is 1. The number of nitrogens with one attached hydrogen (secondary N) is 1. The molecule has 2 N–H and O–H groups in total. The first-order chi connectivity index (χ1) is 15.5. The van der Waals surface area contributed by atoms with Crippen LogP contribution in [-0.2, 0) is 19.8 Å². The first-order valence-corrected chi connectivity index (χ1v) is 10.6. The Balaban J connectivity index is 1.80. The Morgan fingerprint density at radius 2 is 1.50 bits per heavy atom. The van der Waals surface area contributed by atoms with Crippen LogP contribution in [0, 0.1) is 5.92 Å². The number of carbonyl (C=O) groups excluding carboxylic acids is 2. The van der Waals surface area contributed by atoms with E-state index in [1.165, 1.54) is 0 Å². The molecule has 3 aromatic carbocycles. The molecule has 2 amide bonds. The maximum Gasteiger partial charge on any atom is 0.321 e. The third kappa shape index (κ3) is 2.80. The highest BCUT2D eigenvalue weighted by Crippen LogP contribution is 2.56. The Kier molecular flexibility index (Phi) is 4.84. The molecule has 0 radical (unpaired) electrons. The molecule has 2 heterocycles. The Hall–Kier alpha value is -3.48. The number of carbonyl (C=O) groups is 3. The molecule has 2 aliphatic rings. The highest BCUT2D eigenvalue weighted by atomic mass is 35.5. The maximum atomic E-state index is 14.2. The molecule has 0 bridgehead atoms. The molecule has 2 saturated heterocycles. The number of rotatable bonds is 4. The van der Waals surface area contributed by atoms with Gasteiger partial charge in [-0.1, -0.05) is 72.3 Å². The second kappa shape index (κ2) is 7.58. The van der Waals surface area contributed by atoms with Crippen molar-refractivity contribution in [3.63, 3.8) is 0 Å². The first kappa shape index (κ1) is 20.4. The lowest BCUT2D eigenvalue weighted by atomic mass is 9.66. The van der Waals surface area contributed by atoms with Crippen molar-refractivity contribution in [2.75, 3.05) is 4.90 Å². The van der Waals surface area contributed by atoms with Crippen LogP contribution in [0.15, 0.2) is 84.9 Å². The minimum absolute atomic E-state index is 0.418. The molecule has 5 rings (SSSR count). The Labute approximate surface area is 189 Å². The average Bonchev–Trinajstić information content (AvgIpc) is 3.28. The number of aliphatic carboxylic acids is 1. The molecular formula is C25H19ClN2O4. The molecule has 2 aliphatic heterocycles. The molecular weight excluding hydrogens is 428 g/mol. The molecule has 3 unspecified atom stereocenters. The molecule has 6 nitrogen and oxygen atoms in total. The Morgan fingerprint density at radius 1 is 0.906 bits per heavy atom. The number of hydrogen-bond donors (Lipinski definition) is 2. The average molecular weight is 447 g/mol. The van der Waals surface area contributed by atoms with E-state index in [4.69, 9.17) is 11.6 Å². The van der Waals surface area contributed by atoms with Crippen molar-refractivity contribution in [1.29, 1.82) is 0 Å². The van der Waals surface area contributed by atoms with Crippen LogP contribution in [0.5, 0.6) is 0 Å². The van der Waals surface area contributed by atoms with Crippen LogP contribution in [-0.4, -0.2) is 28.9 Å². The zero-order chi connectivity index (χ0) is 22.5.